The van der Waals surface area contributed by atoms with Gasteiger partial charge < -0.3 is 15.0 Å². The Morgan fingerprint density at radius 2 is 1.89 bits per heavy atom. The maximum atomic E-state index is 12.5. The van der Waals surface area contributed by atoms with Crippen molar-refractivity contribution in [1.29, 1.82) is 0 Å². The maximum Gasteiger partial charge on any atom is 0.252 e. The van der Waals surface area contributed by atoms with Gasteiger partial charge in [-0.05, 0) is 23.6 Å². The van der Waals surface area contributed by atoms with Crippen molar-refractivity contribution in [2.75, 3.05) is 45.2 Å². The van der Waals surface area contributed by atoms with E-state index < -0.39 is 10.0 Å². The molecule has 0 unspecified atom stereocenters. The van der Waals surface area contributed by atoms with Gasteiger partial charge in [0.15, 0.2) is 0 Å². The predicted molar refractivity (Wildman–Crippen MR) is 106 cm³/mol. The molecular formula is C18H23N3O4S2. The number of nitrogens with one attached hydrogen (secondary N) is 1. The summed E-state index contributed by atoms with van der Waals surface area (Å²) in [4.78, 5) is 14.3. The highest BCUT2D eigenvalue weighted by Crippen LogP contribution is 2.24. The molecule has 0 atom stereocenters. The van der Waals surface area contributed by atoms with E-state index in [1.54, 1.807) is 36.8 Å². The summed E-state index contributed by atoms with van der Waals surface area (Å²) in [7, 11) is -1.83. The zero-order valence-corrected chi connectivity index (χ0v) is 16.8. The lowest BCUT2D eigenvalue weighted by atomic mass is 10.2. The molecule has 1 N–H and O–H groups in total. The minimum atomic E-state index is -3.39. The van der Waals surface area contributed by atoms with Gasteiger partial charge >= 0.3 is 0 Å². The van der Waals surface area contributed by atoms with Crippen molar-refractivity contribution in [3.8, 4) is 5.75 Å². The molecule has 1 saturated heterocycles. The second-order valence-corrected chi connectivity index (χ2v) is 9.29. The second kappa shape index (κ2) is 8.83. The van der Waals surface area contributed by atoms with Gasteiger partial charge in [0.2, 0.25) is 5.91 Å². The van der Waals surface area contributed by atoms with Crippen LogP contribution in [0.1, 0.15) is 6.42 Å². The number of amides is 1. The van der Waals surface area contributed by atoms with E-state index in [9.17, 15) is 13.2 Å². The van der Waals surface area contributed by atoms with Crippen LogP contribution in [0.5, 0.6) is 5.75 Å². The fourth-order valence-electron chi connectivity index (χ4n) is 2.95. The van der Waals surface area contributed by atoms with Crippen molar-refractivity contribution in [3.05, 3.63) is 41.8 Å². The molecule has 2 aromatic rings. The lowest BCUT2D eigenvalue weighted by molar-refractivity contribution is -0.116. The van der Waals surface area contributed by atoms with Crippen molar-refractivity contribution in [2.45, 2.75) is 10.6 Å². The van der Waals surface area contributed by atoms with Crippen molar-refractivity contribution in [1.82, 2.24) is 9.21 Å². The molecule has 27 heavy (non-hydrogen) atoms. The fraction of sp³-hybridized carbons (Fsp3) is 0.389. The largest absolute Gasteiger partial charge is 0.495 e. The summed E-state index contributed by atoms with van der Waals surface area (Å²) >= 11 is 1.24. The first-order valence-electron chi connectivity index (χ1n) is 8.69. The summed E-state index contributed by atoms with van der Waals surface area (Å²) in [6, 6.07) is 10.7. The van der Waals surface area contributed by atoms with Crippen LogP contribution in [0.2, 0.25) is 0 Å². The van der Waals surface area contributed by atoms with Crippen molar-refractivity contribution in [2.24, 2.45) is 0 Å². The number of carbonyl (C=O) groups excluding carboxylic acids is 1. The van der Waals surface area contributed by atoms with Gasteiger partial charge in [-0.15, -0.1) is 11.3 Å². The van der Waals surface area contributed by atoms with E-state index in [0.29, 0.717) is 54.8 Å². The van der Waals surface area contributed by atoms with Crippen LogP contribution >= 0.6 is 11.3 Å². The molecule has 1 aromatic carbocycles. The number of benzene rings is 1. The average Bonchev–Trinajstić information content (AvgIpc) is 3.23. The number of ether oxygens (including phenoxy) is 1. The van der Waals surface area contributed by atoms with E-state index in [0.717, 1.165) is 0 Å². The molecule has 1 amide bonds. The summed E-state index contributed by atoms with van der Waals surface area (Å²) in [5.41, 5.74) is 0.650. The number of piperazine rings is 1. The Morgan fingerprint density at radius 3 is 2.56 bits per heavy atom. The monoisotopic (exact) mass is 409 g/mol. The molecule has 9 heteroatoms. The minimum absolute atomic E-state index is 0.0897. The Kier molecular flexibility index (Phi) is 6.48. The second-order valence-electron chi connectivity index (χ2n) is 6.18. The molecule has 146 valence electrons. The van der Waals surface area contributed by atoms with E-state index in [1.165, 1.54) is 15.6 Å². The topological polar surface area (TPSA) is 79.0 Å². The predicted octanol–water partition coefficient (Wildman–Crippen LogP) is 2.09. The summed E-state index contributed by atoms with van der Waals surface area (Å²) in [6.07, 6.45) is 0.343. The Bertz CT molecular complexity index is 860. The fourth-order valence-corrected chi connectivity index (χ4v) is 5.52. The number of methoxy groups -OCH3 is 1. The third-order valence-electron chi connectivity index (χ3n) is 4.46. The number of hydrogen-bond donors (Lipinski definition) is 1. The lowest BCUT2D eigenvalue weighted by Gasteiger charge is -2.33. The lowest BCUT2D eigenvalue weighted by Crippen LogP contribution is -2.48. The van der Waals surface area contributed by atoms with Gasteiger partial charge in [-0.3, -0.25) is 4.79 Å². The van der Waals surface area contributed by atoms with Crippen molar-refractivity contribution in [3.63, 3.8) is 0 Å². The first kappa shape index (κ1) is 19.8. The first-order valence-corrected chi connectivity index (χ1v) is 11.0. The SMILES string of the molecule is COc1ccccc1NC(=O)CCN1CCN(S(=O)(=O)c2cccs2)CC1. The first-order chi connectivity index (χ1) is 13.0. The van der Waals surface area contributed by atoms with Crippen LogP contribution in [0.15, 0.2) is 46.0 Å². The summed E-state index contributed by atoms with van der Waals surface area (Å²) in [5, 5.41) is 4.62. The molecule has 1 fully saturated rings. The molecule has 0 saturated carbocycles. The third kappa shape index (κ3) is 4.86. The van der Waals surface area contributed by atoms with Gasteiger partial charge in [-0.1, -0.05) is 18.2 Å². The van der Waals surface area contributed by atoms with Crippen LogP contribution in [-0.4, -0.2) is 63.4 Å². The van der Waals surface area contributed by atoms with Crippen LogP contribution < -0.4 is 10.1 Å². The summed E-state index contributed by atoms with van der Waals surface area (Å²) < 4.78 is 32.2. The van der Waals surface area contributed by atoms with E-state index in [-0.39, 0.29) is 5.91 Å². The molecule has 0 spiro atoms. The summed E-state index contributed by atoms with van der Waals surface area (Å²) in [5.74, 6) is 0.534. The minimum Gasteiger partial charge on any atom is -0.495 e. The van der Waals surface area contributed by atoms with Gasteiger partial charge in [-0.25, -0.2) is 8.42 Å². The third-order valence-corrected chi connectivity index (χ3v) is 7.73. The Labute approximate surface area is 163 Å². The van der Waals surface area contributed by atoms with Crippen LogP contribution in [0, 0.1) is 0 Å². The zero-order chi connectivity index (χ0) is 19.3. The van der Waals surface area contributed by atoms with Crippen LogP contribution in [-0.2, 0) is 14.8 Å². The van der Waals surface area contributed by atoms with Gasteiger partial charge in [0.05, 0.1) is 12.8 Å². The molecule has 0 aliphatic carbocycles. The molecule has 0 bridgehead atoms. The molecule has 3 rings (SSSR count). The number of sulfonamides is 1. The molecular weight excluding hydrogens is 386 g/mol. The van der Waals surface area contributed by atoms with Gasteiger partial charge in [0, 0.05) is 39.1 Å². The number of nitrogens with zero attached hydrogens (tertiary/aromatic N) is 2. The average molecular weight is 410 g/mol. The highest BCUT2D eigenvalue weighted by Gasteiger charge is 2.29. The quantitative estimate of drug-likeness (QED) is 0.758. The molecule has 1 aliphatic heterocycles. The van der Waals surface area contributed by atoms with Gasteiger partial charge in [-0.2, -0.15) is 4.31 Å². The van der Waals surface area contributed by atoms with E-state index >= 15 is 0 Å². The number of hydrogen-bond acceptors (Lipinski definition) is 6. The van der Waals surface area contributed by atoms with Gasteiger partial charge in [0.1, 0.15) is 9.96 Å². The van der Waals surface area contributed by atoms with E-state index in [1.807, 2.05) is 12.1 Å². The normalized spacial score (nSPS) is 16.2. The standard InChI is InChI=1S/C18H23N3O4S2/c1-25-16-6-3-2-5-15(16)19-17(22)8-9-20-10-12-21(13-11-20)27(23,24)18-7-4-14-26-18/h2-7,14H,8-13H2,1H3,(H,19,22). The molecule has 7 nitrogen and oxygen atoms in total. The highest BCUT2D eigenvalue weighted by atomic mass is 32.2. The van der Waals surface area contributed by atoms with E-state index in [4.69, 9.17) is 4.74 Å². The Hall–Kier alpha value is -1.94. The molecule has 1 aliphatic rings. The zero-order valence-electron chi connectivity index (χ0n) is 15.1. The van der Waals surface area contributed by atoms with Gasteiger partial charge in [0.25, 0.3) is 10.0 Å². The molecule has 1 aromatic heterocycles. The van der Waals surface area contributed by atoms with Crippen molar-refractivity contribution >= 4 is 33.0 Å². The van der Waals surface area contributed by atoms with Crippen molar-refractivity contribution < 1.29 is 17.9 Å². The number of carbonyl (C=O) groups is 1. The Morgan fingerprint density at radius 1 is 1.15 bits per heavy atom. The number of para-hydroxylation sites is 2. The number of thiophene rings is 1. The Balaban J connectivity index is 1.46. The smallest absolute Gasteiger partial charge is 0.252 e. The summed E-state index contributed by atoms with van der Waals surface area (Å²) in [6.45, 7) is 2.70. The van der Waals surface area contributed by atoms with Crippen LogP contribution in [0.4, 0.5) is 5.69 Å². The maximum absolute atomic E-state index is 12.5. The number of rotatable bonds is 7. The van der Waals surface area contributed by atoms with Crippen LogP contribution in [0.25, 0.3) is 0 Å². The highest BCUT2D eigenvalue weighted by molar-refractivity contribution is 7.91. The van der Waals surface area contributed by atoms with E-state index in [2.05, 4.69) is 10.2 Å². The molecule has 2 heterocycles. The molecule has 0 radical (unpaired) electrons. The number of anilines is 1. The van der Waals surface area contributed by atoms with Crippen LogP contribution in [0.3, 0.4) is 0 Å².